The summed E-state index contributed by atoms with van der Waals surface area (Å²) in [5, 5.41) is 14.9. The van der Waals surface area contributed by atoms with E-state index in [1.165, 1.54) is 0 Å². The van der Waals surface area contributed by atoms with Gasteiger partial charge >= 0.3 is 5.97 Å². The minimum absolute atomic E-state index is 0.0320. The Morgan fingerprint density at radius 3 is 2.56 bits per heavy atom. The second kappa shape index (κ2) is 14.6. The Morgan fingerprint density at radius 2 is 1.88 bits per heavy atom. The molecule has 1 aromatic rings. The van der Waals surface area contributed by atoms with Crippen molar-refractivity contribution in [1.82, 2.24) is 10.6 Å². The molecule has 2 amide bonds. The fraction of sp³-hybridized carbons (Fsp3) is 0.593. The van der Waals surface area contributed by atoms with Gasteiger partial charge in [-0.2, -0.15) is 0 Å². The highest BCUT2D eigenvalue weighted by atomic mass is 16.5. The molecule has 0 aliphatic carbocycles. The highest BCUT2D eigenvalue weighted by Crippen LogP contribution is 2.20. The van der Waals surface area contributed by atoms with Crippen LogP contribution < -0.4 is 10.6 Å². The average Bonchev–Trinajstić information content (AvgIpc) is 2.81. The second-order valence-electron chi connectivity index (χ2n) is 9.57. The van der Waals surface area contributed by atoms with Gasteiger partial charge in [-0.15, -0.1) is 0 Å². The first kappa shape index (κ1) is 27.6. The van der Waals surface area contributed by atoms with Crippen LogP contribution >= 0.6 is 0 Å². The molecular weight excluding hydrogens is 432 g/mol. The maximum absolute atomic E-state index is 13.1. The van der Waals surface area contributed by atoms with Gasteiger partial charge in [0.1, 0.15) is 6.61 Å². The summed E-state index contributed by atoms with van der Waals surface area (Å²) in [7, 11) is 0. The smallest absolute Gasteiger partial charge is 0.309 e. The molecule has 1 heterocycles. The van der Waals surface area contributed by atoms with Gasteiger partial charge in [-0.1, -0.05) is 56.3 Å². The van der Waals surface area contributed by atoms with Crippen molar-refractivity contribution in [2.45, 2.75) is 71.4 Å². The van der Waals surface area contributed by atoms with Crippen LogP contribution in [0.15, 0.2) is 42.5 Å². The Bertz CT molecular complexity index is 808. The molecule has 1 aliphatic rings. The van der Waals surface area contributed by atoms with Gasteiger partial charge in [0.25, 0.3) is 0 Å². The lowest BCUT2D eigenvalue weighted by Gasteiger charge is -2.26. The number of carbonyl (C=O) groups excluding carboxylic acids is 3. The Balaban J connectivity index is 2.12. The van der Waals surface area contributed by atoms with E-state index in [0.29, 0.717) is 12.8 Å². The van der Waals surface area contributed by atoms with Crippen molar-refractivity contribution in [3.05, 3.63) is 48.0 Å². The van der Waals surface area contributed by atoms with Crippen molar-refractivity contribution in [1.29, 1.82) is 0 Å². The standard InChI is InChI=1S/C27H40N2O5/c1-19(2)24-18-34-27(33)23(15-21-11-7-6-8-12-21)14-10-5-4-9-13-22(26(32)29-24)16-25(31)28-20(3)17-30/h4,6-9,11-12,19-20,22-24,30H,5,10,13-18H2,1-3H3,(H,28,31)(H,29,32). The van der Waals surface area contributed by atoms with Crippen LogP contribution in [0, 0.1) is 17.8 Å². The number of cyclic esters (lactones) is 1. The zero-order valence-corrected chi connectivity index (χ0v) is 20.7. The molecule has 1 aromatic carbocycles. The zero-order chi connectivity index (χ0) is 24.9. The molecule has 188 valence electrons. The Morgan fingerprint density at radius 1 is 1.15 bits per heavy atom. The summed E-state index contributed by atoms with van der Waals surface area (Å²) in [6.07, 6.45) is 7.43. The number of nitrogens with one attached hydrogen (secondary N) is 2. The van der Waals surface area contributed by atoms with E-state index in [-0.39, 0.29) is 61.3 Å². The van der Waals surface area contributed by atoms with E-state index in [4.69, 9.17) is 4.74 Å². The van der Waals surface area contributed by atoms with Gasteiger partial charge in [0, 0.05) is 12.5 Å². The number of allylic oxidation sites excluding steroid dienone is 2. The number of benzene rings is 1. The average molecular weight is 473 g/mol. The number of rotatable bonds is 7. The summed E-state index contributed by atoms with van der Waals surface area (Å²) in [6.45, 7) is 5.58. The Labute approximate surface area is 203 Å². The molecule has 0 aromatic heterocycles. The van der Waals surface area contributed by atoms with Gasteiger partial charge in [-0.3, -0.25) is 14.4 Å². The third kappa shape index (κ3) is 9.67. The number of aliphatic hydroxyl groups excluding tert-OH is 1. The molecule has 0 saturated carbocycles. The molecule has 0 bridgehead atoms. The van der Waals surface area contributed by atoms with Crippen molar-refractivity contribution in [3.63, 3.8) is 0 Å². The normalized spacial score (nSPS) is 23.5. The van der Waals surface area contributed by atoms with Gasteiger partial charge in [0.2, 0.25) is 11.8 Å². The number of carbonyl (C=O) groups is 3. The SMILES string of the molecule is CC(CO)NC(=O)CC1CC=CCCCC(Cc2ccccc2)C(=O)OCC(C(C)C)NC1=O. The number of amides is 2. The number of hydrogen-bond donors (Lipinski definition) is 3. The van der Waals surface area contributed by atoms with Crippen LogP contribution in [0.2, 0.25) is 0 Å². The Kier molecular flexibility index (Phi) is 11.8. The van der Waals surface area contributed by atoms with Gasteiger partial charge in [0.05, 0.1) is 24.5 Å². The lowest BCUT2D eigenvalue weighted by molar-refractivity contribution is -0.150. The van der Waals surface area contributed by atoms with E-state index in [1.807, 2.05) is 56.3 Å². The van der Waals surface area contributed by atoms with Gasteiger partial charge in [0.15, 0.2) is 0 Å². The minimum atomic E-state index is -0.534. The van der Waals surface area contributed by atoms with Crippen LogP contribution in [0.3, 0.4) is 0 Å². The molecule has 1 aliphatic heterocycles. The van der Waals surface area contributed by atoms with Gasteiger partial charge in [-0.05, 0) is 50.5 Å². The van der Waals surface area contributed by atoms with E-state index < -0.39 is 5.92 Å². The molecule has 3 N–H and O–H groups in total. The van der Waals surface area contributed by atoms with Crippen molar-refractivity contribution in [2.75, 3.05) is 13.2 Å². The van der Waals surface area contributed by atoms with Crippen molar-refractivity contribution in [3.8, 4) is 0 Å². The molecule has 0 fully saturated rings. The molecule has 0 spiro atoms. The zero-order valence-electron chi connectivity index (χ0n) is 20.7. The molecule has 7 nitrogen and oxygen atoms in total. The molecule has 0 radical (unpaired) electrons. The number of esters is 1. The van der Waals surface area contributed by atoms with Crippen LogP contribution in [0.25, 0.3) is 0 Å². The van der Waals surface area contributed by atoms with Crippen LogP contribution in [-0.4, -0.2) is 48.2 Å². The van der Waals surface area contributed by atoms with E-state index in [9.17, 15) is 19.5 Å². The molecular formula is C27H40N2O5. The predicted octanol–water partition coefficient (Wildman–Crippen LogP) is 3.16. The second-order valence-corrected chi connectivity index (χ2v) is 9.57. The number of ether oxygens (including phenoxy) is 1. The fourth-order valence-electron chi connectivity index (χ4n) is 3.94. The van der Waals surface area contributed by atoms with Gasteiger partial charge in [-0.25, -0.2) is 0 Å². The summed E-state index contributed by atoms with van der Waals surface area (Å²) >= 11 is 0. The summed E-state index contributed by atoms with van der Waals surface area (Å²) in [6, 6.07) is 9.23. The van der Waals surface area contributed by atoms with E-state index >= 15 is 0 Å². The van der Waals surface area contributed by atoms with Crippen LogP contribution in [0.4, 0.5) is 0 Å². The third-order valence-electron chi connectivity index (χ3n) is 6.19. The summed E-state index contributed by atoms with van der Waals surface area (Å²) < 4.78 is 5.70. The van der Waals surface area contributed by atoms with Gasteiger partial charge < -0.3 is 20.5 Å². The molecule has 34 heavy (non-hydrogen) atoms. The first-order valence-corrected chi connectivity index (χ1v) is 12.4. The summed E-state index contributed by atoms with van der Waals surface area (Å²) in [4.78, 5) is 38.4. The quantitative estimate of drug-likeness (QED) is 0.418. The number of aliphatic hydroxyl groups is 1. The van der Waals surface area contributed by atoms with Crippen LogP contribution in [0.5, 0.6) is 0 Å². The maximum atomic E-state index is 13.1. The first-order valence-electron chi connectivity index (χ1n) is 12.4. The third-order valence-corrected chi connectivity index (χ3v) is 6.19. The Hall–Kier alpha value is -2.67. The van der Waals surface area contributed by atoms with Crippen LogP contribution in [-0.2, 0) is 25.5 Å². The maximum Gasteiger partial charge on any atom is 0.309 e. The van der Waals surface area contributed by atoms with E-state index in [1.54, 1.807) is 6.92 Å². The molecule has 7 heteroatoms. The topological polar surface area (TPSA) is 105 Å². The summed E-state index contributed by atoms with van der Waals surface area (Å²) in [5.74, 6) is -1.45. The molecule has 2 rings (SSSR count). The molecule has 0 saturated heterocycles. The van der Waals surface area contributed by atoms with Crippen LogP contribution in [0.1, 0.15) is 58.4 Å². The largest absolute Gasteiger partial charge is 0.463 e. The monoisotopic (exact) mass is 472 g/mol. The van der Waals surface area contributed by atoms with Crippen molar-refractivity contribution >= 4 is 17.8 Å². The van der Waals surface area contributed by atoms with E-state index in [2.05, 4.69) is 10.6 Å². The minimum Gasteiger partial charge on any atom is -0.463 e. The predicted molar refractivity (Wildman–Crippen MR) is 132 cm³/mol. The molecule has 4 atom stereocenters. The lowest BCUT2D eigenvalue weighted by Crippen LogP contribution is -2.46. The highest BCUT2D eigenvalue weighted by molar-refractivity contribution is 5.86. The summed E-state index contributed by atoms with van der Waals surface area (Å²) in [5.41, 5.74) is 1.10. The van der Waals surface area contributed by atoms with Crippen molar-refractivity contribution < 1.29 is 24.2 Å². The van der Waals surface area contributed by atoms with E-state index in [0.717, 1.165) is 24.8 Å². The number of hydrogen-bond acceptors (Lipinski definition) is 5. The lowest BCUT2D eigenvalue weighted by atomic mass is 9.93. The fourth-order valence-corrected chi connectivity index (χ4v) is 3.94. The molecule has 4 unspecified atom stereocenters. The highest BCUT2D eigenvalue weighted by Gasteiger charge is 2.27. The van der Waals surface area contributed by atoms with Crippen molar-refractivity contribution in [2.24, 2.45) is 17.8 Å². The first-order chi connectivity index (χ1) is 16.3.